The molecule has 0 radical (unpaired) electrons. The van der Waals surface area contributed by atoms with Crippen LogP contribution in [0.5, 0.6) is 0 Å². The van der Waals surface area contributed by atoms with E-state index >= 15 is 0 Å². The lowest BCUT2D eigenvalue weighted by atomic mass is 10.4. The Balaban J connectivity index is 0. The van der Waals surface area contributed by atoms with Crippen LogP contribution in [0.1, 0.15) is 13.8 Å². The molecule has 0 saturated heterocycles. The van der Waals surface area contributed by atoms with Gasteiger partial charge in [-0.3, -0.25) is 0 Å². The normalized spacial score (nSPS) is 11.7. The fourth-order valence-electron chi connectivity index (χ4n) is 1.46. The van der Waals surface area contributed by atoms with Crippen LogP contribution in [0.2, 0.25) is 0 Å². The van der Waals surface area contributed by atoms with Crippen LogP contribution in [0.15, 0.2) is 36.5 Å². The quantitative estimate of drug-likeness (QED) is 0.290. The van der Waals surface area contributed by atoms with Gasteiger partial charge in [-0.1, -0.05) is 50.3 Å². The summed E-state index contributed by atoms with van der Waals surface area (Å²) in [6.45, 7) is 11.9. The van der Waals surface area contributed by atoms with Gasteiger partial charge >= 0.3 is 0 Å². The molecule has 0 heterocycles. The minimum Gasteiger partial charge on any atom is -0.314 e. The second-order valence-corrected chi connectivity index (χ2v) is 4.35. The van der Waals surface area contributed by atoms with Crippen LogP contribution in [0.4, 0.5) is 0 Å². The van der Waals surface area contributed by atoms with Crippen molar-refractivity contribution < 1.29 is 0 Å². The van der Waals surface area contributed by atoms with E-state index in [0.717, 1.165) is 52.4 Å². The molecule has 0 aromatic rings. The number of hydrogen-bond donors (Lipinski definition) is 4. The molecule has 4 N–H and O–H groups in total. The predicted molar refractivity (Wildman–Crippen MR) is 97.5 cm³/mol. The molecule has 0 aromatic heterocycles. The maximum Gasteiger partial charge on any atom is 0.0138 e. The van der Waals surface area contributed by atoms with Crippen LogP contribution in [0.3, 0.4) is 0 Å². The molecule has 0 fully saturated rings. The van der Waals surface area contributed by atoms with Gasteiger partial charge in [0.1, 0.15) is 0 Å². The first kappa shape index (κ1) is 22.6. The Kier molecular flexibility index (Phi) is 23.3. The highest BCUT2D eigenvalue weighted by Gasteiger charge is 1.80. The maximum absolute atomic E-state index is 3.34. The van der Waals surface area contributed by atoms with Crippen LogP contribution >= 0.6 is 12.4 Å². The smallest absolute Gasteiger partial charge is 0.0138 e. The molecule has 21 heavy (non-hydrogen) atoms. The lowest BCUT2D eigenvalue weighted by Crippen LogP contribution is -2.17. The molecule has 0 rings (SSSR count). The Hall–Kier alpha value is -0.650. The number of likely N-dealkylation sites (N-methyl/N-ethyl adjacent to an activating group) is 2. The minimum absolute atomic E-state index is 0. The summed E-state index contributed by atoms with van der Waals surface area (Å²) in [4.78, 5) is 0. The van der Waals surface area contributed by atoms with Gasteiger partial charge in [0.25, 0.3) is 0 Å². The van der Waals surface area contributed by atoms with Crippen LogP contribution in [0, 0.1) is 0 Å². The van der Waals surface area contributed by atoms with Gasteiger partial charge in [-0.25, -0.2) is 0 Å². The van der Waals surface area contributed by atoms with Crippen LogP contribution in [0.25, 0.3) is 0 Å². The topological polar surface area (TPSA) is 48.1 Å². The van der Waals surface area contributed by atoms with Crippen molar-refractivity contribution in [1.29, 1.82) is 0 Å². The van der Waals surface area contributed by atoms with Crippen molar-refractivity contribution >= 4 is 12.4 Å². The van der Waals surface area contributed by atoms with Crippen molar-refractivity contribution in [3.63, 3.8) is 0 Å². The van der Waals surface area contributed by atoms with E-state index in [9.17, 15) is 0 Å². The third kappa shape index (κ3) is 21.8. The summed E-state index contributed by atoms with van der Waals surface area (Å²) in [6, 6.07) is 0. The molecule has 0 bridgehead atoms. The first-order valence-electron chi connectivity index (χ1n) is 7.69. The zero-order valence-corrected chi connectivity index (χ0v) is 14.3. The summed E-state index contributed by atoms with van der Waals surface area (Å²) < 4.78 is 0. The van der Waals surface area contributed by atoms with Crippen molar-refractivity contribution in [3.05, 3.63) is 36.5 Å². The van der Waals surface area contributed by atoms with Crippen LogP contribution in [-0.4, -0.2) is 52.4 Å². The Labute approximate surface area is 136 Å². The molecule has 0 aromatic carbocycles. The number of nitrogens with one attached hydrogen (secondary N) is 4. The van der Waals surface area contributed by atoms with Gasteiger partial charge in [0.05, 0.1) is 0 Å². The molecule has 5 heteroatoms. The van der Waals surface area contributed by atoms with E-state index in [0.29, 0.717) is 0 Å². The lowest BCUT2D eigenvalue weighted by Gasteiger charge is -1.98. The number of halogens is 1. The largest absolute Gasteiger partial charge is 0.314 e. The van der Waals surface area contributed by atoms with Crippen LogP contribution < -0.4 is 21.3 Å². The highest BCUT2D eigenvalue weighted by atomic mass is 35.5. The minimum atomic E-state index is 0. The monoisotopic (exact) mass is 316 g/mol. The first-order chi connectivity index (χ1) is 9.91. The number of rotatable bonds is 14. The van der Waals surface area contributed by atoms with E-state index < -0.39 is 0 Å². The molecular weight excluding hydrogens is 284 g/mol. The summed E-state index contributed by atoms with van der Waals surface area (Å²) in [5, 5.41) is 13.2. The molecule has 0 aliphatic heterocycles. The van der Waals surface area contributed by atoms with Crippen molar-refractivity contribution in [3.8, 4) is 0 Å². The second-order valence-electron chi connectivity index (χ2n) is 4.35. The predicted octanol–water partition coefficient (Wildman–Crippen LogP) is 1.48. The molecule has 0 aliphatic rings. The van der Waals surface area contributed by atoms with Gasteiger partial charge in [-0.2, -0.15) is 0 Å². The fourth-order valence-corrected chi connectivity index (χ4v) is 1.46. The summed E-state index contributed by atoms with van der Waals surface area (Å²) in [5.74, 6) is 0. The highest BCUT2D eigenvalue weighted by Crippen LogP contribution is 1.74. The number of hydrogen-bond acceptors (Lipinski definition) is 4. The van der Waals surface area contributed by atoms with E-state index in [1.807, 2.05) is 0 Å². The average Bonchev–Trinajstić information content (AvgIpc) is 2.47. The molecule has 0 unspecified atom stereocenters. The fraction of sp³-hybridized carbons (Fsp3) is 0.625. The molecule has 0 atom stereocenters. The summed E-state index contributed by atoms with van der Waals surface area (Å²) in [7, 11) is 0. The Morgan fingerprint density at radius 3 is 0.952 bits per heavy atom. The highest BCUT2D eigenvalue weighted by molar-refractivity contribution is 5.85. The third-order valence-corrected chi connectivity index (χ3v) is 2.57. The van der Waals surface area contributed by atoms with E-state index in [4.69, 9.17) is 0 Å². The van der Waals surface area contributed by atoms with Gasteiger partial charge < -0.3 is 21.3 Å². The van der Waals surface area contributed by atoms with Gasteiger partial charge in [0.15, 0.2) is 0 Å². The van der Waals surface area contributed by atoms with Gasteiger partial charge in [-0.05, 0) is 13.1 Å². The third-order valence-electron chi connectivity index (χ3n) is 2.57. The molecule has 0 amide bonds. The van der Waals surface area contributed by atoms with Crippen LogP contribution in [-0.2, 0) is 0 Å². The zero-order valence-electron chi connectivity index (χ0n) is 13.5. The Bertz CT molecular complexity index is 239. The van der Waals surface area contributed by atoms with E-state index in [2.05, 4.69) is 71.6 Å². The van der Waals surface area contributed by atoms with Crippen molar-refractivity contribution in [2.45, 2.75) is 13.8 Å². The molecule has 124 valence electrons. The van der Waals surface area contributed by atoms with Gasteiger partial charge in [0.2, 0.25) is 0 Å². The SMILES string of the molecule is CCNC/C=C\CNC/C=C\CNC/C=C\CNCC.Cl. The van der Waals surface area contributed by atoms with Crippen molar-refractivity contribution in [2.24, 2.45) is 0 Å². The summed E-state index contributed by atoms with van der Waals surface area (Å²) >= 11 is 0. The van der Waals surface area contributed by atoms with E-state index in [1.165, 1.54) is 0 Å². The molecule has 0 spiro atoms. The molecule has 4 nitrogen and oxygen atoms in total. The van der Waals surface area contributed by atoms with E-state index in [1.54, 1.807) is 0 Å². The maximum atomic E-state index is 3.34. The Morgan fingerprint density at radius 1 is 0.476 bits per heavy atom. The molecular formula is C16H33ClN4. The lowest BCUT2D eigenvalue weighted by molar-refractivity contribution is 0.787. The second kappa shape index (κ2) is 21.6. The van der Waals surface area contributed by atoms with E-state index in [-0.39, 0.29) is 12.4 Å². The average molecular weight is 317 g/mol. The zero-order chi connectivity index (χ0) is 14.7. The van der Waals surface area contributed by atoms with Gasteiger partial charge in [-0.15, -0.1) is 12.4 Å². The van der Waals surface area contributed by atoms with Crippen molar-refractivity contribution in [2.75, 3.05) is 52.4 Å². The summed E-state index contributed by atoms with van der Waals surface area (Å²) in [5.41, 5.74) is 0. The molecule has 0 saturated carbocycles. The van der Waals surface area contributed by atoms with Gasteiger partial charge in [0, 0.05) is 39.3 Å². The van der Waals surface area contributed by atoms with Crippen molar-refractivity contribution in [1.82, 2.24) is 21.3 Å². The molecule has 0 aliphatic carbocycles. The standard InChI is InChI=1S/C16H32N4.ClH/c1-3-17-11-5-7-13-19-15-9-10-16-20-14-8-6-12-18-4-2;/h5-10,17-20H,3-4,11-16H2,1-2H3;1H/b7-5-,8-6-,10-9-;. The first-order valence-corrected chi connectivity index (χ1v) is 7.69. The Morgan fingerprint density at radius 2 is 0.714 bits per heavy atom. The summed E-state index contributed by atoms with van der Waals surface area (Å²) in [6.07, 6.45) is 12.9.